The van der Waals surface area contributed by atoms with Crippen molar-refractivity contribution in [2.24, 2.45) is 11.8 Å². The van der Waals surface area contributed by atoms with E-state index in [4.69, 9.17) is 4.74 Å². The minimum absolute atomic E-state index is 0.116. The van der Waals surface area contributed by atoms with Gasteiger partial charge in [-0.15, -0.1) is 0 Å². The lowest BCUT2D eigenvalue weighted by molar-refractivity contribution is -0.129. The molecule has 2 aromatic rings. The molecule has 2 saturated heterocycles. The molecule has 6 nitrogen and oxygen atoms in total. The van der Waals surface area contributed by atoms with Crippen LogP contribution in [0.3, 0.4) is 0 Å². The summed E-state index contributed by atoms with van der Waals surface area (Å²) in [6.07, 6.45) is 3.79. The van der Waals surface area contributed by atoms with Crippen molar-refractivity contribution >= 4 is 29.4 Å². The summed E-state index contributed by atoms with van der Waals surface area (Å²) in [6.45, 7) is 1.49. The summed E-state index contributed by atoms with van der Waals surface area (Å²) in [7, 11) is 1.51. The van der Waals surface area contributed by atoms with Gasteiger partial charge >= 0.3 is 0 Å². The van der Waals surface area contributed by atoms with Gasteiger partial charge in [-0.2, -0.15) is 0 Å². The number of ether oxygens (including phenoxy) is 1. The van der Waals surface area contributed by atoms with Crippen LogP contribution in [0.5, 0.6) is 5.75 Å². The minimum atomic E-state index is -0.717. The van der Waals surface area contributed by atoms with E-state index in [0.717, 1.165) is 11.1 Å². The lowest BCUT2D eigenvalue weighted by Crippen LogP contribution is -2.43. The summed E-state index contributed by atoms with van der Waals surface area (Å²) < 4.78 is 5.38. The lowest BCUT2D eigenvalue weighted by atomic mass is 9.84. The highest BCUT2D eigenvalue weighted by atomic mass is 16.5. The van der Waals surface area contributed by atoms with Crippen molar-refractivity contribution in [3.63, 3.8) is 0 Å². The number of hydrogen-bond acceptors (Lipinski definition) is 5. The number of amides is 2. The van der Waals surface area contributed by atoms with Crippen LogP contribution in [0.2, 0.25) is 0 Å². The summed E-state index contributed by atoms with van der Waals surface area (Å²) in [4.78, 5) is 42.8. The monoisotopic (exact) mass is 388 g/mol. The zero-order valence-electron chi connectivity index (χ0n) is 16.1. The molecule has 3 aliphatic rings. The van der Waals surface area contributed by atoms with Gasteiger partial charge in [-0.25, -0.2) is 4.90 Å². The predicted octanol–water partition coefficient (Wildman–Crippen LogP) is 2.80. The van der Waals surface area contributed by atoms with E-state index in [1.165, 1.54) is 18.9 Å². The Kier molecular flexibility index (Phi) is 3.84. The minimum Gasteiger partial charge on any atom is -0.495 e. The average Bonchev–Trinajstić information content (AvgIpc) is 3.21. The van der Waals surface area contributed by atoms with Crippen molar-refractivity contribution in [3.05, 3.63) is 65.9 Å². The van der Waals surface area contributed by atoms with Crippen LogP contribution in [0.4, 0.5) is 5.69 Å². The Morgan fingerprint density at radius 1 is 0.966 bits per heavy atom. The molecule has 0 unspecified atom stereocenters. The van der Waals surface area contributed by atoms with E-state index in [1.54, 1.807) is 24.3 Å². The van der Waals surface area contributed by atoms with Crippen LogP contribution in [0.25, 0.3) is 6.08 Å². The number of carbonyl (C=O) groups excluding carboxylic acids is 3. The number of Topliss-reactive ketones (excluding diaryl/α,β-unsaturated/α-hetero) is 1. The fourth-order valence-electron chi connectivity index (χ4n) is 5.07. The molecule has 5 rings (SSSR count). The molecule has 3 aliphatic heterocycles. The highest BCUT2D eigenvalue weighted by Crippen LogP contribution is 2.53. The van der Waals surface area contributed by atoms with Crippen LogP contribution in [0.1, 0.15) is 24.1 Å². The fourth-order valence-corrected chi connectivity index (χ4v) is 5.07. The first-order chi connectivity index (χ1) is 14.0. The van der Waals surface area contributed by atoms with E-state index < -0.39 is 17.9 Å². The van der Waals surface area contributed by atoms with Crippen LogP contribution in [-0.2, 0) is 14.4 Å². The molecule has 0 radical (unpaired) electrons. The molecule has 0 saturated carbocycles. The molecule has 4 atom stereocenters. The van der Waals surface area contributed by atoms with Crippen molar-refractivity contribution in [3.8, 4) is 5.75 Å². The topological polar surface area (TPSA) is 66.9 Å². The van der Waals surface area contributed by atoms with Gasteiger partial charge < -0.3 is 9.64 Å². The van der Waals surface area contributed by atoms with Crippen LogP contribution in [-0.4, -0.2) is 35.6 Å². The van der Waals surface area contributed by atoms with Crippen LogP contribution in [0.15, 0.2) is 54.7 Å². The normalized spacial score (nSPS) is 27.0. The Morgan fingerprint density at radius 3 is 2.41 bits per heavy atom. The third-order valence-electron chi connectivity index (χ3n) is 6.20. The van der Waals surface area contributed by atoms with Crippen molar-refractivity contribution in [2.45, 2.75) is 19.0 Å². The number of imide groups is 1. The van der Waals surface area contributed by atoms with Gasteiger partial charge in [0.1, 0.15) is 5.75 Å². The molecule has 146 valence electrons. The Labute approximate surface area is 168 Å². The van der Waals surface area contributed by atoms with Gasteiger partial charge in [0, 0.05) is 6.20 Å². The molecule has 0 aliphatic carbocycles. The van der Waals surface area contributed by atoms with Gasteiger partial charge in [0.15, 0.2) is 5.78 Å². The summed E-state index contributed by atoms with van der Waals surface area (Å²) in [5, 5.41) is 0. The summed E-state index contributed by atoms with van der Waals surface area (Å²) in [5.41, 5.74) is 2.40. The number of nitrogens with zero attached hydrogens (tertiary/aromatic N) is 2. The first-order valence-corrected chi connectivity index (χ1v) is 9.60. The van der Waals surface area contributed by atoms with Crippen molar-refractivity contribution in [2.75, 3.05) is 12.0 Å². The van der Waals surface area contributed by atoms with Gasteiger partial charge in [0.05, 0.1) is 36.7 Å². The standard InChI is InChI=1S/C23H20N2O4/c1-13(26)20-18-19(21-15-8-4-3-7-14(15)11-12-24(20)21)23(28)25(22(18)27)16-9-5-6-10-17(16)29-2/h3-12,18-21H,1-2H3/t18-,19-,20+,21-/m0/s1. The first kappa shape index (κ1) is 17.7. The number of rotatable bonds is 3. The van der Waals surface area contributed by atoms with E-state index in [2.05, 4.69) is 0 Å². The average molecular weight is 388 g/mol. The quantitative estimate of drug-likeness (QED) is 0.757. The second-order valence-electron chi connectivity index (χ2n) is 7.63. The zero-order valence-corrected chi connectivity index (χ0v) is 16.1. The molecule has 0 bridgehead atoms. The van der Waals surface area contributed by atoms with Crippen molar-refractivity contribution < 1.29 is 19.1 Å². The molecular weight excluding hydrogens is 368 g/mol. The molecular formula is C23H20N2O4. The van der Waals surface area contributed by atoms with Crippen LogP contribution < -0.4 is 9.64 Å². The summed E-state index contributed by atoms with van der Waals surface area (Å²) in [6, 6.07) is 13.8. The Hall–Kier alpha value is -3.41. The van der Waals surface area contributed by atoms with Crippen molar-refractivity contribution in [1.82, 2.24) is 4.90 Å². The highest BCUT2D eigenvalue weighted by Gasteiger charge is 2.64. The number of para-hydroxylation sites is 2. The molecule has 2 fully saturated rings. The van der Waals surface area contributed by atoms with Gasteiger partial charge in [-0.3, -0.25) is 14.4 Å². The molecule has 6 heteroatoms. The van der Waals surface area contributed by atoms with E-state index in [-0.39, 0.29) is 23.6 Å². The third-order valence-corrected chi connectivity index (χ3v) is 6.20. The number of hydrogen-bond donors (Lipinski definition) is 0. The van der Waals surface area contributed by atoms with E-state index in [0.29, 0.717) is 11.4 Å². The Morgan fingerprint density at radius 2 is 1.66 bits per heavy atom. The number of anilines is 1. The van der Waals surface area contributed by atoms with Gasteiger partial charge in [-0.1, -0.05) is 36.4 Å². The molecule has 2 aromatic carbocycles. The largest absolute Gasteiger partial charge is 0.495 e. The maximum absolute atomic E-state index is 13.6. The molecule has 29 heavy (non-hydrogen) atoms. The Bertz CT molecular complexity index is 1080. The fraction of sp³-hybridized carbons (Fsp3) is 0.261. The molecule has 3 heterocycles. The molecule has 0 aromatic heterocycles. The summed E-state index contributed by atoms with van der Waals surface area (Å²) >= 11 is 0. The summed E-state index contributed by atoms with van der Waals surface area (Å²) in [5.74, 6) is -1.62. The molecule has 0 N–H and O–H groups in total. The van der Waals surface area contributed by atoms with E-state index in [1.807, 2.05) is 41.4 Å². The van der Waals surface area contributed by atoms with Gasteiger partial charge in [0.25, 0.3) is 0 Å². The molecule has 2 amide bonds. The van der Waals surface area contributed by atoms with E-state index in [9.17, 15) is 14.4 Å². The second kappa shape index (κ2) is 6.30. The maximum atomic E-state index is 13.6. The lowest BCUT2D eigenvalue weighted by Gasteiger charge is -2.35. The highest BCUT2D eigenvalue weighted by molar-refractivity contribution is 6.24. The number of methoxy groups -OCH3 is 1. The van der Waals surface area contributed by atoms with Gasteiger partial charge in [0.2, 0.25) is 11.8 Å². The first-order valence-electron chi connectivity index (χ1n) is 9.60. The van der Waals surface area contributed by atoms with E-state index >= 15 is 0 Å². The second-order valence-corrected chi connectivity index (χ2v) is 7.63. The predicted molar refractivity (Wildman–Crippen MR) is 107 cm³/mol. The number of ketones is 1. The third kappa shape index (κ3) is 2.32. The van der Waals surface area contributed by atoms with Crippen molar-refractivity contribution in [1.29, 1.82) is 0 Å². The number of fused-ring (bicyclic) bond motifs is 5. The van der Waals surface area contributed by atoms with Gasteiger partial charge in [-0.05, 0) is 36.3 Å². The smallest absolute Gasteiger partial charge is 0.240 e. The SMILES string of the molecule is COc1ccccc1N1C(=O)[C@H]2[C@H](C1=O)[C@@H]1c3ccccc3C=CN1[C@@H]2C(C)=O. The zero-order chi connectivity index (χ0) is 20.3. The number of carbonyl (C=O) groups is 3. The van der Waals surface area contributed by atoms with Crippen LogP contribution in [0, 0.1) is 11.8 Å². The maximum Gasteiger partial charge on any atom is 0.240 e. The van der Waals surface area contributed by atoms with Crippen LogP contribution >= 0.6 is 0 Å². The molecule has 0 spiro atoms. The Balaban J connectivity index is 1.66. The number of benzene rings is 2.